The van der Waals surface area contributed by atoms with Crippen LogP contribution in [0.2, 0.25) is 0 Å². The number of ether oxygens (including phenoxy) is 1. The van der Waals surface area contributed by atoms with E-state index in [1.165, 1.54) is 16.9 Å². The molecule has 0 fully saturated rings. The highest BCUT2D eigenvalue weighted by Gasteiger charge is 2.31. The highest BCUT2D eigenvalue weighted by molar-refractivity contribution is 6.05. The number of anilines is 2. The number of hydrogen-bond acceptors (Lipinski definition) is 5. The van der Waals surface area contributed by atoms with E-state index in [1.54, 1.807) is 25.1 Å². The molecule has 154 valence electrons. The van der Waals surface area contributed by atoms with E-state index in [0.29, 0.717) is 29.0 Å². The van der Waals surface area contributed by atoms with E-state index in [4.69, 9.17) is 4.74 Å². The number of nitrogens with zero attached hydrogens (tertiary/aromatic N) is 3. The van der Waals surface area contributed by atoms with Crippen LogP contribution in [0.25, 0.3) is 5.82 Å². The van der Waals surface area contributed by atoms with Crippen LogP contribution in [0.3, 0.4) is 0 Å². The molecule has 8 nitrogen and oxygen atoms in total. The van der Waals surface area contributed by atoms with Crippen LogP contribution in [0, 0.1) is 6.92 Å². The van der Waals surface area contributed by atoms with E-state index >= 15 is 0 Å². The highest BCUT2D eigenvalue weighted by atomic mass is 19.4. The van der Waals surface area contributed by atoms with Gasteiger partial charge in [-0.15, -0.1) is 0 Å². The number of rotatable bonds is 3. The molecule has 3 aromatic rings. The van der Waals surface area contributed by atoms with Crippen molar-refractivity contribution in [2.45, 2.75) is 13.1 Å². The molecule has 0 aliphatic carbocycles. The van der Waals surface area contributed by atoms with Gasteiger partial charge in [0.05, 0.1) is 28.7 Å². The number of halogens is 3. The summed E-state index contributed by atoms with van der Waals surface area (Å²) in [7, 11) is 0. The smallest absolute Gasteiger partial charge is 0.417 e. The number of pyridine rings is 1. The molecule has 0 bridgehead atoms. The molecule has 4 rings (SSSR count). The monoisotopic (exact) mass is 417 g/mol. The Morgan fingerprint density at radius 3 is 2.73 bits per heavy atom. The molecule has 1 aliphatic rings. The lowest BCUT2D eigenvalue weighted by atomic mass is 10.2. The average molecular weight is 417 g/mol. The largest absolute Gasteiger partial charge is 0.482 e. The van der Waals surface area contributed by atoms with Gasteiger partial charge in [-0.2, -0.15) is 18.3 Å². The molecule has 2 aromatic heterocycles. The van der Waals surface area contributed by atoms with Gasteiger partial charge in [0.1, 0.15) is 5.75 Å². The van der Waals surface area contributed by atoms with Crippen LogP contribution in [-0.2, 0) is 11.0 Å². The standard InChI is InChI=1S/C19H14F3N5O3/c1-10-13(8-24-27(10)16-5-2-11(7-23-16)19(20,21)22)18(29)25-12-3-4-15-14(6-12)26-17(28)9-30-15/h2-8H,9H2,1H3,(H,25,29)(H,26,28). The lowest BCUT2D eigenvalue weighted by Gasteiger charge is -2.18. The maximum absolute atomic E-state index is 12.7. The molecule has 1 aliphatic heterocycles. The summed E-state index contributed by atoms with van der Waals surface area (Å²) in [6.45, 7) is 1.53. The van der Waals surface area contributed by atoms with Gasteiger partial charge in [-0.05, 0) is 37.3 Å². The molecule has 2 amide bonds. The summed E-state index contributed by atoms with van der Waals surface area (Å²) in [6, 6.07) is 6.86. The molecule has 0 radical (unpaired) electrons. The van der Waals surface area contributed by atoms with Crippen LogP contribution in [0.5, 0.6) is 5.75 Å². The Bertz CT molecular complexity index is 1140. The van der Waals surface area contributed by atoms with Gasteiger partial charge in [-0.25, -0.2) is 9.67 Å². The zero-order valence-electron chi connectivity index (χ0n) is 15.4. The molecule has 0 unspecified atom stereocenters. The van der Waals surface area contributed by atoms with Gasteiger partial charge in [0, 0.05) is 11.9 Å². The number of hydrogen-bond donors (Lipinski definition) is 2. The number of alkyl halides is 3. The van der Waals surface area contributed by atoms with Crippen molar-refractivity contribution in [1.82, 2.24) is 14.8 Å². The van der Waals surface area contributed by atoms with Crippen LogP contribution < -0.4 is 15.4 Å². The predicted molar refractivity (Wildman–Crippen MR) is 99.6 cm³/mol. The summed E-state index contributed by atoms with van der Waals surface area (Å²) in [5.74, 6) is -0.140. The minimum absolute atomic E-state index is 0.0743. The minimum Gasteiger partial charge on any atom is -0.482 e. The molecule has 11 heteroatoms. The van der Waals surface area contributed by atoms with E-state index < -0.39 is 17.6 Å². The van der Waals surface area contributed by atoms with Crippen LogP contribution in [0.4, 0.5) is 24.5 Å². The lowest BCUT2D eigenvalue weighted by Crippen LogP contribution is -2.25. The Balaban J connectivity index is 1.54. The summed E-state index contributed by atoms with van der Waals surface area (Å²) < 4.78 is 44.6. The molecule has 0 spiro atoms. The van der Waals surface area contributed by atoms with Crippen LogP contribution >= 0.6 is 0 Å². The predicted octanol–water partition coefficient (Wildman–Crippen LogP) is 3.18. The number of carbonyl (C=O) groups excluding carboxylic acids is 2. The average Bonchev–Trinajstić information content (AvgIpc) is 3.08. The zero-order valence-corrected chi connectivity index (χ0v) is 15.4. The lowest BCUT2D eigenvalue weighted by molar-refractivity contribution is -0.137. The molecule has 0 saturated carbocycles. The topological polar surface area (TPSA) is 98.1 Å². The molecule has 3 heterocycles. The number of amides is 2. The van der Waals surface area contributed by atoms with E-state index in [9.17, 15) is 22.8 Å². The Morgan fingerprint density at radius 1 is 1.23 bits per heavy atom. The van der Waals surface area contributed by atoms with Gasteiger partial charge in [0.25, 0.3) is 11.8 Å². The second-order valence-corrected chi connectivity index (χ2v) is 6.46. The third-order valence-electron chi connectivity index (χ3n) is 4.42. The van der Waals surface area contributed by atoms with Gasteiger partial charge in [-0.3, -0.25) is 9.59 Å². The van der Waals surface area contributed by atoms with Crippen molar-refractivity contribution in [3.05, 3.63) is 59.5 Å². The van der Waals surface area contributed by atoms with Crippen molar-refractivity contribution in [1.29, 1.82) is 0 Å². The summed E-state index contributed by atoms with van der Waals surface area (Å²) in [5, 5.41) is 9.39. The second-order valence-electron chi connectivity index (χ2n) is 6.46. The maximum atomic E-state index is 12.7. The summed E-state index contributed by atoms with van der Waals surface area (Å²) in [6.07, 6.45) is -2.48. The van der Waals surface area contributed by atoms with Gasteiger partial charge in [0.2, 0.25) is 0 Å². The quantitative estimate of drug-likeness (QED) is 0.682. The molecule has 0 atom stereocenters. The number of benzene rings is 1. The Hall–Kier alpha value is -3.89. The summed E-state index contributed by atoms with van der Waals surface area (Å²) in [4.78, 5) is 27.9. The first-order valence-electron chi connectivity index (χ1n) is 8.68. The minimum atomic E-state index is -4.49. The SMILES string of the molecule is Cc1c(C(=O)Nc2ccc3c(c2)NC(=O)CO3)cnn1-c1ccc(C(F)(F)F)cn1. The molecule has 0 saturated heterocycles. The first-order chi connectivity index (χ1) is 14.2. The number of carbonyl (C=O) groups is 2. The van der Waals surface area contributed by atoms with E-state index in [2.05, 4.69) is 20.7 Å². The second kappa shape index (κ2) is 7.17. The van der Waals surface area contributed by atoms with Crippen molar-refractivity contribution in [3.8, 4) is 11.6 Å². The Labute approximate surface area is 167 Å². The van der Waals surface area contributed by atoms with Crippen molar-refractivity contribution in [2.24, 2.45) is 0 Å². The van der Waals surface area contributed by atoms with Crippen molar-refractivity contribution >= 4 is 23.2 Å². The van der Waals surface area contributed by atoms with Gasteiger partial charge < -0.3 is 15.4 Å². The number of nitrogens with one attached hydrogen (secondary N) is 2. The third kappa shape index (κ3) is 3.69. The molecular formula is C19H14F3N5O3. The molecule has 30 heavy (non-hydrogen) atoms. The fourth-order valence-corrected chi connectivity index (χ4v) is 2.90. The normalized spacial score (nSPS) is 13.3. The first kappa shape index (κ1) is 19.4. The van der Waals surface area contributed by atoms with Crippen LogP contribution in [0.1, 0.15) is 21.6 Å². The van der Waals surface area contributed by atoms with Gasteiger partial charge >= 0.3 is 6.18 Å². The summed E-state index contributed by atoms with van der Waals surface area (Å²) >= 11 is 0. The van der Waals surface area contributed by atoms with Crippen molar-refractivity contribution in [2.75, 3.05) is 17.2 Å². The fraction of sp³-hybridized carbons (Fsp3) is 0.158. The van der Waals surface area contributed by atoms with E-state index in [0.717, 1.165) is 6.07 Å². The fourth-order valence-electron chi connectivity index (χ4n) is 2.90. The van der Waals surface area contributed by atoms with Crippen molar-refractivity contribution < 1.29 is 27.5 Å². The summed E-state index contributed by atoms with van der Waals surface area (Å²) in [5.41, 5.74) is 0.594. The number of aromatic nitrogens is 3. The van der Waals surface area contributed by atoms with Gasteiger partial charge in [-0.1, -0.05) is 0 Å². The van der Waals surface area contributed by atoms with Gasteiger partial charge in [0.15, 0.2) is 12.4 Å². The van der Waals surface area contributed by atoms with E-state index in [-0.39, 0.29) is 23.9 Å². The Morgan fingerprint density at radius 2 is 2.03 bits per heavy atom. The maximum Gasteiger partial charge on any atom is 0.417 e. The van der Waals surface area contributed by atoms with Crippen LogP contribution in [0.15, 0.2) is 42.7 Å². The van der Waals surface area contributed by atoms with Crippen LogP contribution in [-0.4, -0.2) is 33.2 Å². The third-order valence-corrected chi connectivity index (χ3v) is 4.42. The molecular weight excluding hydrogens is 403 g/mol. The highest BCUT2D eigenvalue weighted by Crippen LogP contribution is 2.31. The Kier molecular flexibility index (Phi) is 4.65. The molecule has 1 aromatic carbocycles. The number of fused-ring (bicyclic) bond motifs is 1. The first-order valence-corrected chi connectivity index (χ1v) is 8.68. The zero-order chi connectivity index (χ0) is 21.5. The van der Waals surface area contributed by atoms with Crippen molar-refractivity contribution in [3.63, 3.8) is 0 Å². The molecule has 2 N–H and O–H groups in total. The van der Waals surface area contributed by atoms with E-state index in [1.807, 2.05) is 0 Å².